The summed E-state index contributed by atoms with van der Waals surface area (Å²) in [4.78, 5) is 2.16. The van der Waals surface area contributed by atoms with Gasteiger partial charge in [0, 0.05) is 35.6 Å². The summed E-state index contributed by atoms with van der Waals surface area (Å²) in [5.74, 6) is 0.253. The third kappa shape index (κ3) is 2.94. The molecule has 0 aliphatic rings. The van der Waals surface area contributed by atoms with Gasteiger partial charge >= 0.3 is 0 Å². The van der Waals surface area contributed by atoms with Crippen molar-refractivity contribution in [2.24, 2.45) is 5.73 Å². The van der Waals surface area contributed by atoms with Crippen LogP contribution in [0.1, 0.15) is 31.0 Å². The first-order chi connectivity index (χ1) is 9.52. The molecule has 0 aliphatic carbocycles. The summed E-state index contributed by atoms with van der Waals surface area (Å²) in [6.07, 6.45) is 0. The number of phenolic OH excluding ortho intramolecular Hbond substituents is 1. The van der Waals surface area contributed by atoms with Crippen LogP contribution in [0.4, 0.5) is 11.4 Å². The van der Waals surface area contributed by atoms with Gasteiger partial charge in [0.25, 0.3) is 0 Å². The van der Waals surface area contributed by atoms with Crippen molar-refractivity contribution in [3.8, 4) is 5.75 Å². The van der Waals surface area contributed by atoms with E-state index in [0.717, 1.165) is 23.5 Å². The molecule has 3 N–H and O–H groups in total. The molecular formula is C17H22N2O. The zero-order valence-electron chi connectivity index (χ0n) is 12.3. The van der Waals surface area contributed by atoms with Gasteiger partial charge in [0.05, 0.1) is 0 Å². The van der Waals surface area contributed by atoms with Crippen molar-refractivity contribution in [2.75, 3.05) is 11.4 Å². The van der Waals surface area contributed by atoms with Crippen LogP contribution in [0.2, 0.25) is 0 Å². The van der Waals surface area contributed by atoms with Crippen molar-refractivity contribution in [3.63, 3.8) is 0 Å². The number of hydrogen-bond donors (Lipinski definition) is 2. The monoisotopic (exact) mass is 270 g/mol. The van der Waals surface area contributed by atoms with Gasteiger partial charge in [-0.25, -0.2) is 0 Å². The number of benzene rings is 2. The minimum atomic E-state index is -0.168. The fourth-order valence-electron chi connectivity index (χ4n) is 2.32. The summed E-state index contributed by atoms with van der Waals surface area (Å²) < 4.78 is 0. The van der Waals surface area contributed by atoms with Crippen LogP contribution in [0.25, 0.3) is 0 Å². The highest BCUT2D eigenvalue weighted by Gasteiger charge is 2.11. The first kappa shape index (κ1) is 14.4. The predicted molar refractivity (Wildman–Crippen MR) is 84.6 cm³/mol. The molecule has 0 spiro atoms. The minimum Gasteiger partial charge on any atom is -0.508 e. The van der Waals surface area contributed by atoms with Crippen LogP contribution in [-0.2, 0) is 0 Å². The van der Waals surface area contributed by atoms with Crippen molar-refractivity contribution in [1.82, 2.24) is 0 Å². The molecule has 2 rings (SSSR count). The molecule has 0 saturated heterocycles. The average Bonchev–Trinajstić information content (AvgIpc) is 2.41. The molecule has 0 bridgehead atoms. The number of rotatable bonds is 4. The van der Waals surface area contributed by atoms with Gasteiger partial charge in [-0.15, -0.1) is 0 Å². The highest BCUT2D eigenvalue weighted by Crippen LogP contribution is 2.31. The Hall–Kier alpha value is -2.00. The summed E-state index contributed by atoms with van der Waals surface area (Å²) in [7, 11) is 0. The molecule has 1 unspecified atom stereocenters. The molecule has 3 nitrogen and oxygen atoms in total. The lowest BCUT2D eigenvalue weighted by atomic mass is 10.1. The maximum absolute atomic E-state index is 10.1. The van der Waals surface area contributed by atoms with Crippen molar-refractivity contribution in [3.05, 3.63) is 53.6 Å². The zero-order valence-corrected chi connectivity index (χ0v) is 12.3. The van der Waals surface area contributed by atoms with Crippen LogP contribution >= 0.6 is 0 Å². The maximum Gasteiger partial charge on any atom is 0.122 e. The van der Waals surface area contributed by atoms with E-state index in [1.165, 1.54) is 5.56 Å². The van der Waals surface area contributed by atoms with Crippen molar-refractivity contribution in [1.29, 1.82) is 0 Å². The van der Waals surface area contributed by atoms with Crippen LogP contribution in [0.5, 0.6) is 5.75 Å². The van der Waals surface area contributed by atoms with Crippen LogP contribution in [-0.4, -0.2) is 11.7 Å². The average molecular weight is 270 g/mol. The van der Waals surface area contributed by atoms with E-state index >= 15 is 0 Å². The van der Waals surface area contributed by atoms with Gasteiger partial charge in [0.2, 0.25) is 0 Å². The van der Waals surface area contributed by atoms with Gasteiger partial charge in [-0.2, -0.15) is 0 Å². The molecule has 3 heteroatoms. The number of nitrogens with zero attached hydrogens (tertiary/aromatic N) is 1. The number of aromatic hydroxyl groups is 1. The molecule has 2 aromatic rings. The number of nitrogens with two attached hydrogens (primary N) is 1. The van der Waals surface area contributed by atoms with Crippen LogP contribution in [0.15, 0.2) is 42.5 Å². The Morgan fingerprint density at radius 3 is 2.20 bits per heavy atom. The molecule has 0 aliphatic heterocycles. The molecule has 0 amide bonds. The standard InChI is InChI=1S/C17H22N2O/c1-4-19(14-7-5-12(2)6-8-14)15-9-10-16(13(3)18)17(20)11-15/h5-11,13,20H,4,18H2,1-3H3. The topological polar surface area (TPSA) is 49.5 Å². The molecule has 1 atom stereocenters. The second-order valence-corrected chi connectivity index (χ2v) is 5.11. The van der Waals surface area contributed by atoms with Gasteiger partial charge in [0.1, 0.15) is 5.75 Å². The van der Waals surface area contributed by atoms with Crippen LogP contribution in [0.3, 0.4) is 0 Å². The first-order valence-electron chi connectivity index (χ1n) is 6.95. The third-order valence-electron chi connectivity index (χ3n) is 3.48. The largest absolute Gasteiger partial charge is 0.508 e. The van der Waals surface area contributed by atoms with Gasteiger partial charge in [-0.05, 0) is 39.0 Å². The van der Waals surface area contributed by atoms with E-state index in [-0.39, 0.29) is 11.8 Å². The van der Waals surface area contributed by atoms with E-state index in [9.17, 15) is 5.11 Å². The maximum atomic E-state index is 10.1. The van der Waals surface area contributed by atoms with Gasteiger partial charge in [0.15, 0.2) is 0 Å². The van der Waals surface area contributed by atoms with Crippen molar-refractivity contribution < 1.29 is 5.11 Å². The van der Waals surface area contributed by atoms with Gasteiger partial charge < -0.3 is 15.7 Å². The predicted octanol–water partition coefficient (Wildman–Crippen LogP) is 3.88. The Morgan fingerprint density at radius 1 is 1.10 bits per heavy atom. The summed E-state index contributed by atoms with van der Waals surface area (Å²) in [6.45, 7) is 6.87. The summed E-state index contributed by atoms with van der Waals surface area (Å²) in [6, 6.07) is 13.9. The molecule has 0 saturated carbocycles. The number of anilines is 2. The quantitative estimate of drug-likeness (QED) is 0.886. The number of aryl methyl sites for hydroxylation is 1. The molecule has 2 aromatic carbocycles. The van der Waals surface area contributed by atoms with Crippen molar-refractivity contribution in [2.45, 2.75) is 26.8 Å². The van der Waals surface area contributed by atoms with E-state index in [0.29, 0.717) is 0 Å². The van der Waals surface area contributed by atoms with Gasteiger partial charge in [-0.1, -0.05) is 23.8 Å². The Morgan fingerprint density at radius 2 is 1.70 bits per heavy atom. The fraction of sp³-hybridized carbons (Fsp3) is 0.294. The van der Waals surface area contributed by atoms with E-state index in [1.807, 2.05) is 19.1 Å². The second kappa shape index (κ2) is 5.97. The Kier molecular flexibility index (Phi) is 4.30. The Labute approximate surface area is 120 Å². The number of phenols is 1. The summed E-state index contributed by atoms with van der Waals surface area (Å²) in [5, 5.41) is 10.1. The highest BCUT2D eigenvalue weighted by atomic mass is 16.3. The van der Waals surface area contributed by atoms with E-state index in [1.54, 1.807) is 6.07 Å². The smallest absolute Gasteiger partial charge is 0.122 e. The van der Waals surface area contributed by atoms with E-state index in [2.05, 4.69) is 43.0 Å². The Bertz CT molecular complexity index is 576. The molecular weight excluding hydrogens is 248 g/mol. The van der Waals surface area contributed by atoms with E-state index in [4.69, 9.17) is 5.73 Å². The highest BCUT2D eigenvalue weighted by molar-refractivity contribution is 5.65. The van der Waals surface area contributed by atoms with Crippen molar-refractivity contribution >= 4 is 11.4 Å². The normalized spacial score (nSPS) is 12.2. The minimum absolute atomic E-state index is 0.168. The third-order valence-corrected chi connectivity index (χ3v) is 3.48. The Balaban J connectivity index is 2.37. The molecule has 20 heavy (non-hydrogen) atoms. The lowest BCUT2D eigenvalue weighted by Crippen LogP contribution is -2.16. The van der Waals surface area contributed by atoms with Crippen LogP contribution < -0.4 is 10.6 Å². The molecule has 0 aromatic heterocycles. The fourth-order valence-corrected chi connectivity index (χ4v) is 2.32. The lowest BCUT2D eigenvalue weighted by Gasteiger charge is -2.24. The summed E-state index contributed by atoms with van der Waals surface area (Å²) >= 11 is 0. The molecule has 0 radical (unpaired) electrons. The SMILES string of the molecule is CCN(c1ccc(C)cc1)c1ccc(C(C)N)c(O)c1. The first-order valence-corrected chi connectivity index (χ1v) is 6.95. The molecule has 106 valence electrons. The van der Waals surface area contributed by atoms with Crippen LogP contribution in [0, 0.1) is 6.92 Å². The lowest BCUT2D eigenvalue weighted by molar-refractivity contribution is 0.464. The number of hydrogen-bond acceptors (Lipinski definition) is 3. The zero-order chi connectivity index (χ0) is 14.7. The van der Waals surface area contributed by atoms with E-state index < -0.39 is 0 Å². The molecule has 0 fully saturated rings. The second-order valence-electron chi connectivity index (χ2n) is 5.11. The summed E-state index contributed by atoms with van der Waals surface area (Å²) in [5.41, 5.74) is 9.92. The molecule has 0 heterocycles. The van der Waals surface area contributed by atoms with Gasteiger partial charge in [-0.3, -0.25) is 0 Å².